The normalized spacial score (nSPS) is 10.3. The van der Waals surface area contributed by atoms with Crippen molar-refractivity contribution in [1.82, 2.24) is 0 Å². The Labute approximate surface area is 158 Å². The fourth-order valence-corrected chi connectivity index (χ4v) is 3.11. The Balaban J connectivity index is 1.76. The van der Waals surface area contributed by atoms with Gasteiger partial charge in [-0.3, -0.25) is 9.59 Å². The summed E-state index contributed by atoms with van der Waals surface area (Å²) < 4.78 is 0.915. The van der Waals surface area contributed by atoms with Crippen LogP contribution >= 0.6 is 27.3 Å². The van der Waals surface area contributed by atoms with Crippen molar-refractivity contribution in [3.63, 3.8) is 0 Å². The Morgan fingerprint density at radius 3 is 2.40 bits per heavy atom. The molecule has 1 heterocycles. The maximum absolute atomic E-state index is 12.4. The second-order valence-electron chi connectivity index (χ2n) is 5.42. The first-order valence-corrected chi connectivity index (χ1v) is 9.22. The van der Waals surface area contributed by atoms with Crippen LogP contribution < -0.4 is 10.6 Å². The summed E-state index contributed by atoms with van der Waals surface area (Å²) in [6.45, 7) is 1.90. The van der Waals surface area contributed by atoms with E-state index in [0.717, 1.165) is 10.0 Å². The minimum atomic E-state index is -0.197. The molecule has 2 N–H and O–H groups in total. The van der Waals surface area contributed by atoms with Crippen LogP contribution in [0.5, 0.6) is 0 Å². The Bertz CT molecular complexity index is 906. The largest absolute Gasteiger partial charge is 0.322 e. The van der Waals surface area contributed by atoms with E-state index in [2.05, 4.69) is 26.6 Å². The van der Waals surface area contributed by atoms with Crippen LogP contribution in [0, 0.1) is 6.92 Å². The van der Waals surface area contributed by atoms with Gasteiger partial charge in [0.2, 0.25) is 0 Å². The van der Waals surface area contributed by atoms with Gasteiger partial charge in [-0.25, -0.2) is 0 Å². The van der Waals surface area contributed by atoms with Crippen molar-refractivity contribution in [3.05, 3.63) is 80.5 Å². The summed E-state index contributed by atoms with van der Waals surface area (Å²) in [5.41, 5.74) is 2.78. The van der Waals surface area contributed by atoms with Crippen LogP contribution in [0.4, 0.5) is 11.4 Å². The summed E-state index contributed by atoms with van der Waals surface area (Å²) in [7, 11) is 0. The molecule has 0 atom stereocenters. The molecule has 0 aliphatic rings. The van der Waals surface area contributed by atoms with Crippen LogP contribution in [-0.4, -0.2) is 11.8 Å². The molecule has 25 heavy (non-hydrogen) atoms. The summed E-state index contributed by atoms with van der Waals surface area (Å²) >= 11 is 4.73. The highest BCUT2D eigenvalue weighted by Crippen LogP contribution is 2.22. The SMILES string of the molecule is Cc1ccc(NC(=O)c2cccs2)cc1NC(=O)c1ccc(Br)cc1. The zero-order valence-corrected chi connectivity index (χ0v) is 15.8. The Hall–Kier alpha value is -2.44. The highest BCUT2D eigenvalue weighted by Gasteiger charge is 2.11. The second-order valence-corrected chi connectivity index (χ2v) is 7.29. The van der Waals surface area contributed by atoms with Gasteiger partial charge in [-0.05, 0) is 60.3 Å². The lowest BCUT2D eigenvalue weighted by molar-refractivity contribution is 0.102. The van der Waals surface area contributed by atoms with E-state index in [9.17, 15) is 9.59 Å². The molecule has 0 fully saturated rings. The summed E-state index contributed by atoms with van der Waals surface area (Å²) in [5.74, 6) is -0.360. The first-order valence-electron chi connectivity index (χ1n) is 7.55. The summed E-state index contributed by atoms with van der Waals surface area (Å²) in [6, 6.07) is 16.2. The van der Waals surface area contributed by atoms with E-state index in [1.54, 1.807) is 24.3 Å². The second kappa shape index (κ2) is 7.63. The molecule has 0 aliphatic carbocycles. The van der Waals surface area contributed by atoms with Crippen LogP contribution in [0.1, 0.15) is 25.6 Å². The van der Waals surface area contributed by atoms with Crippen molar-refractivity contribution >= 4 is 50.5 Å². The lowest BCUT2D eigenvalue weighted by Gasteiger charge is -2.11. The van der Waals surface area contributed by atoms with Crippen molar-refractivity contribution in [1.29, 1.82) is 0 Å². The number of aryl methyl sites for hydroxylation is 1. The number of thiophene rings is 1. The van der Waals surface area contributed by atoms with E-state index >= 15 is 0 Å². The fourth-order valence-electron chi connectivity index (χ4n) is 2.23. The number of nitrogens with one attached hydrogen (secondary N) is 2. The van der Waals surface area contributed by atoms with E-state index in [4.69, 9.17) is 0 Å². The minimum absolute atomic E-state index is 0.163. The number of carbonyl (C=O) groups is 2. The maximum atomic E-state index is 12.4. The molecule has 0 spiro atoms. The summed E-state index contributed by atoms with van der Waals surface area (Å²) in [5, 5.41) is 7.59. The number of carbonyl (C=O) groups excluding carboxylic acids is 2. The lowest BCUT2D eigenvalue weighted by atomic mass is 10.1. The minimum Gasteiger partial charge on any atom is -0.322 e. The Morgan fingerprint density at radius 2 is 1.72 bits per heavy atom. The molecule has 3 aromatic rings. The lowest BCUT2D eigenvalue weighted by Crippen LogP contribution is -2.14. The molecule has 0 bridgehead atoms. The number of halogens is 1. The van der Waals surface area contributed by atoms with Crippen LogP contribution in [0.3, 0.4) is 0 Å². The Morgan fingerprint density at radius 1 is 0.960 bits per heavy atom. The van der Waals surface area contributed by atoms with Crippen molar-refractivity contribution in [3.8, 4) is 0 Å². The van der Waals surface area contributed by atoms with E-state index in [0.29, 0.717) is 21.8 Å². The van der Waals surface area contributed by atoms with Gasteiger partial charge < -0.3 is 10.6 Å². The van der Waals surface area contributed by atoms with E-state index in [-0.39, 0.29) is 11.8 Å². The molecule has 0 saturated heterocycles. The van der Waals surface area contributed by atoms with Gasteiger partial charge in [-0.15, -0.1) is 11.3 Å². The molecule has 2 amide bonds. The summed E-state index contributed by atoms with van der Waals surface area (Å²) in [4.78, 5) is 25.2. The van der Waals surface area contributed by atoms with Gasteiger partial charge in [0, 0.05) is 21.4 Å². The van der Waals surface area contributed by atoms with Gasteiger partial charge in [-0.2, -0.15) is 0 Å². The fraction of sp³-hybridized carbons (Fsp3) is 0.0526. The molecular formula is C19H15BrN2O2S. The molecule has 2 aromatic carbocycles. The number of benzene rings is 2. The molecule has 0 saturated carbocycles. The first-order chi connectivity index (χ1) is 12.0. The monoisotopic (exact) mass is 414 g/mol. The number of hydrogen-bond donors (Lipinski definition) is 2. The topological polar surface area (TPSA) is 58.2 Å². The molecule has 0 radical (unpaired) electrons. The quantitative estimate of drug-likeness (QED) is 0.606. The standard InChI is InChI=1S/C19H15BrN2O2S/c1-12-4-9-15(21-19(24)17-3-2-10-25-17)11-16(12)22-18(23)13-5-7-14(20)8-6-13/h2-11H,1H3,(H,21,24)(H,22,23). The average Bonchev–Trinajstić information content (AvgIpc) is 3.13. The molecule has 1 aromatic heterocycles. The molecule has 3 rings (SSSR count). The Kier molecular flexibility index (Phi) is 5.31. The van der Waals surface area contributed by atoms with E-state index < -0.39 is 0 Å². The van der Waals surface area contributed by atoms with E-state index in [1.165, 1.54) is 11.3 Å². The van der Waals surface area contributed by atoms with Crippen LogP contribution in [-0.2, 0) is 0 Å². The zero-order chi connectivity index (χ0) is 17.8. The molecule has 0 aliphatic heterocycles. The van der Waals surface area contributed by atoms with Crippen molar-refractivity contribution in [2.75, 3.05) is 10.6 Å². The number of hydrogen-bond acceptors (Lipinski definition) is 3. The number of amides is 2. The average molecular weight is 415 g/mol. The van der Waals surface area contributed by atoms with Gasteiger partial charge >= 0.3 is 0 Å². The van der Waals surface area contributed by atoms with Crippen LogP contribution in [0.2, 0.25) is 0 Å². The third-order valence-corrected chi connectivity index (χ3v) is 4.99. The number of anilines is 2. The molecule has 4 nitrogen and oxygen atoms in total. The summed E-state index contributed by atoms with van der Waals surface area (Å²) in [6.07, 6.45) is 0. The maximum Gasteiger partial charge on any atom is 0.265 e. The van der Waals surface area contributed by atoms with Gasteiger partial charge in [0.15, 0.2) is 0 Å². The molecular weight excluding hydrogens is 400 g/mol. The highest BCUT2D eigenvalue weighted by molar-refractivity contribution is 9.10. The van der Waals surface area contributed by atoms with Crippen LogP contribution in [0.25, 0.3) is 0 Å². The first kappa shape index (κ1) is 17.4. The predicted octanol–water partition coefficient (Wildman–Crippen LogP) is 5.32. The smallest absolute Gasteiger partial charge is 0.265 e. The van der Waals surface area contributed by atoms with Crippen LogP contribution in [0.15, 0.2) is 64.5 Å². The molecule has 0 unspecified atom stereocenters. The molecule has 126 valence electrons. The van der Waals surface area contributed by atoms with Gasteiger partial charge in [-0.1, -0.05) is 28.1 Å². The third kappa shape index (κ3) is 4.35. The van der Waals surface area contributed by atoms with Gasteiger partial charge in [0.25, 0.3) is 11.8 Å². The third-order valence-electron chi connectivity index (χ3n) is 3.60. The van der Waals surface area contributed by atoms with Crippen molar-refractivity contribution in [2.24, 2.45) is 0 Å². The van der Waals surface area contributed by atoms with Crippen molar-refractivity contribution in [2.45, 2.75) is 6.92 Å². The van der Waals surface area contributed by atoms with Gasteiger partial charge in [0.1, 0.15) is 0 Å². The van der Waals surface area contributed by atoms with Gasteiger partial charge in [0.05, 0.1) is 4.88 Å². The predicted molar refractivity (Wildman–Crippen MR) is 106 cm³/mol. The number of rotatable bonds is 4. The zero-order valence-electron chi connectivity index (χ0n) is 13.4. The highest BCUT2D eigenvalue weighted by atomic mass is 79.9. The molecule has 6 heteroatoms. The van der Waals surface area contributed by atoms with Crippen molar-refractivity contribution < 1.29 is 9.59 Å². The van der Waals surface area contributed by atoms with E-state index in [1.807, 2.05) is 42.6 Å².